The van der Waals surface area contributed by atoms with E-state index in [0.29, 0.717) is 11.6 Å². The Bertz CT molecular complexity index is 1650. The average Bonchev–Trinajstić information content (AvgIpc) is 3.43. The van der Waals surface area contributed by atoms with E-state index < -0.39 is 17.4 Å². The molecule has 4 heterocycles. The van der Waals surface area contributed by atoms with Crippen molar-refractivity contribution in [1.29, 1.82) is 0 Å². The molecule has 0 spiro atoms. The smallest absolute Gasteiger partial charge is 0.320 e. The highest BCUT2D eigenvalue weighted by Gasteiger charge is 2.35. The Morgan fingerprint density at radius 1 is 1.05 bits per heavy atom. The summed E-state index contributed by atoms with van der Waals surface area (Å²) in [6, 6.07) is 9.68. The molecule has 1 aliphatic rings. The van der Waals surface area contributed by atoms with E-state index in [1.54, 1.807) is 30.9 Å². The fraction of sp³-hybridized carbons (Fsp3) is 0.269. The zero-order chi connectivity index (χ0) is 25.7. The zero-order valence-corrected chi connectivity index (χ0v) is 19.8. The van der Waals surface area contributed by atoms with E-state index in [2.05, 4.69) is 20.4 Å². The highest BCUT2D eigenvalue weighted by molar-refractivity contribution is 5.67. The Hall–Kier alpha value is -4.28. The van der Waals surface area contributed by atoms with Gasteiger partial charge >= 0.3 is 11.9 Å². The predicted molar refractivity (Wildman–Crippen MR) is 129 cm³/mol. The van der Waals surface area contributed by atoms with Gasteiger partial charge in [0, 0.05) is 30.9 Å². The summed E-state index contributed by atoms with van der Waals surface area (Å²) in [5, 5.41) is 16.3. The maximum atomic E-state index is 13.7. The Morgan fingerprint density at radius 3 is 2.54 bits per heavy atom. The van der Waals surface area contributed by atoms with Crippen molar-refractivity contribution in [2.75, 3.05) is 0 Å². The minimum Gasteiger partial charge on any atom is -0.320 e. The van der Waals surface area contributed by atoms with E-state index in [4.69, 9.17) is 0 Å². The number of rotatable bonds is 5. The average molecular weight is 506 g/mol. The Morgan fingerprint density at radius 2 is 1.89 bits per heavy atom. The van der Waals surface area contributed by atoms with Gasteiger partial charge in [0.1, 0.15) is 12.2 Å². The lowest BCUT2D eigenvalue weighted by Gasteiger charge is -2.33. The second-order valence-corrected chi connectivity index (χ2v) is 9.37. The highest BCUT2D eigenvalue weighted by Crippen LogP contribution is 2.44. The van der Waals surface area contributed by atoms with Crippen LogP contribution in [-0.2, 0) is 13.2 Å². The van der Waals surface area contributed by atoms with Gasteiger partial charge in [0.05, 0.1) is 29.2 Å². The molecule has 0 radical (unpaired) electrons. The zero-order valence-electron chi connectivity index (χ0n) is 19.8. The standard InChI is InChI=1S/C26H22F3N7O/c1-34-15-32-33-24(34)23(16-4-2-5-16)19-10-18(17-7-8-30-31-13-17)11-20(12-19)36-14-22-21(26(27,28)29)6-3-9-35(22)25(36)37/h3,6-16,23H,2,4-5H2,1H3/t23-/m1/s1. The fourth-order valence-corrected chi connectivity index (χ4v) is 5.10. The number of halogens is 3. The van der Waals surface area contributed by atoms with Gasteiger partial charge in [0.2, 0.25) is 0 Å². The number of aromatic nitrogens is 7. The molecule has 5 aromatic rings. The van der Waals surface area contributed by atoms with Crippen LogP contribution in [0.3, 0.4) is 0 Å². The van der Waals surface area contributed by atoms with Crippen molar-refractivity contribution >= 4 is 5.52 Å². The molecule has 37 heavy (non-hydrogen) atoms. The van der Waals surface area contributed by atoms with E-state index in [1.807, 2.05) is 23.7 Å². The molecular formula is C26H22F3N7O. The highest BCUT2D eigenvalue weighted by atomic mass is 19.4. The lowest BCUT2D eigenvalue weighted by atomic mass is 9.72. The molecule has 0 N–H and O–H groups in total. The van der Waals surface area contributed by atoms with Crippen LogP contribution in [0.1, 0.15) is 42.1 Å². The van der Waals surface area contributed by atoms with Gasteiger partial charge in [-0.25, -0.2) is 4.79 Å². The van der Waals surface area contributed by atoms with Crippen molar-refractivity contribution in [3.05, 3.63) is 94.9 Å². The summed E-state index contributed by atoms with van der Waals surface area (Å²) in [6.07, 6.45) is 6.01. The number of alkyl halides is 3. The van der Waals surface area contributed by atoms with Gasteiger partial charge < -0.3 is 4.57 Å². The lowest BCUT2D eigenvalue weighted by molar-refractivity contribution is -0.136. The minimum atomic E-state index is -4.60. The number of nitrogens with zero attached hydrogens (tertiary/aromatic N) is 7. The monoisotopic (exact) mass is 505 g/mol. The van der Waals surface area contributed by atoms with Gasteiger partial charge in [0.25, 0.3) is 0 Å². The van der Waals surface area contributed by atoms with Gasteiger partial charge in [-0.1, -0.05) is 12.5 Å². The van der Waals surface area contributed by atoms with E-state index in [-0.39, 0.29) is 11.4 Å². The maximum absolute atomic E-state index is 13.7. The summed E-state index contributed by atoms with van der Waals surface area (Å²) in [5.41, 5.74) is 1.24. The van der Waals surface area contributed by atoms with Crippen molar-refractivity contribution in [2.45, 2.75) is 31.4 Å². The SMILES string of the molecule is Cn1cnnc1[C@@H](c1cc(-c2ccnnc2)cc(-n2cc3c(C(F)(F)F)cccn3c2=O)c1)C1CCC1. The summed E-state index contributed by atoms with van der Waals surface area (Å²) < 4.78 is 45.3. The van der Waals surface area contributed by atoms with Crippen LogP contribution in [0.5, 0.6) is 0 Å². The van der Waals surface area contributed by atoms with Crippen LogP contribution >= 0.6 is 0 Å². The second kappa shape index (κ2) is 8.68. The quantitative estimate of drug-likeness (QED) is 0.348. The van der Waals surface area contributed by atoms with Crippen LogP contribution < -0.4 is 5.69 Å². The van der Waals surface area contributed by atoms with Crippen molar-refractivity contribution < 1.29 is 13.2 Å². The van der Waals surface area contributed by atoms with E-state index in [0.717, 1.165) is 52.2 Å². The number of aryl methyl sites for hydroxylation is 1. The van der Waals surface area contributed by atoms with Crippen LogP contribution in [0.15, 0.2) is 72.3 Å². The molecule has 1 aliphatic carbocycles. The summed E-state index contributed by atoms with van der Waals surface area (Å²) in [5.74, 6) is 1.05. The third-order valence-corrected chi connectivity index (χ3v) is 7.14. The summed E-state index contributed by atoms with van der Waals surface area (Å²) in [4.78, 5) is 13.3. The molecule has 0 unspecified atom stereocenters. The van der Waals surface area contributed by atoms with Gasteiger partial charge in [-0.05, 0) is 60.2 Å². The van der Waals surface area contributed by atoms with Crippen LogP contribution in [0.25, 0.3) is 22.3 Å². The molecule has 0 aliphatic heterocycles. The first-order chi connectivity index (χ1) is 17.8. The van der Waals surface area contributed by atoms with Crippen LogP contribution in [0, 0.1) is 5.92 Å². The van der Waals surface area contributed by atoms with Crippen LogP contribution in [0.2, 0.25) is 0 Å². The first-order valence-electron chi connectivity index (χ1n) is 11.9. The molecular weight excluding hydrogens is 483 g/mol. The molecule has 1 fully saturated rings. The largest absolute Gasteiger partial charge is 0.418 e. The number of imidazole rings is 1. The molecule has 8 nitrogen and oxygen atoms in total. The number of pyridine rings is 1. The molecule has 6 rings (SSSR count). The third-order valence-electron chi connectivity index (χ3n) is 7.14. The Kier molecular flexibility index (Phi) is 5.43. The van der Waals surface area contributed by atoms with E-state index in [9.17, 15) is 18.0 Å². The van der Waals surface area contributed by atoms with Crippen molar-refractivity contribution in [3.8, 4) is 16.8 Å². The summed E-state index contributed by atoms with van der Waals surface area (Å²) in [7, 11) is 1.89. The normalized spacial score (nSPS) is 15.1. The van der Waals surface area contributed by atoms with Crippen LogP contribution in [0.4, 0.5) is 13.2 Å². The molecule has 4 aromatic heterocycles. The summed E-state index contributed by atoms with van der Waals surface area (Å²) in [6.45, 7) is 0. The number of fused-ring (bicyclic) bond motifs is 1. The van der Waals surface area contributed by atoms with Gasteiger partial charge in [-0.2, -0.15) is 23.4 Å². The van der Waals surface area contributed by atoms with Crippen molar-refractivity contribution in [3.63, 3.8) is 0 Å². The Labute approximate surface area is 209 Å². The number of benzene rings is 1. The minimum absolute atomic E-state index is 0.0896. The molecule has 0 saturated heterocycles. The fourth-order valence-electron chi connectivity index (χ4n) is 5.10. The number of hydrogen-bond acceptors (Lipinski definition) is 5. The molecule has 0 amide bonds. The molecule has 1 saturated carbocycles. The number of hydrogen-bond donors (Lipinski definition) is 0. The van der Waals surface area contributed by atoms with Gasteiger partial charge in [0.15, 0.2) is 0 Å². The predicted octanol–water partition coefficient (Wildman–Crippen LogP) is 4.63. The van der Waals surface area contributed by atoms with E-state index in [1.165, 1.54) is 23.0 Å². The molecule has 11 heteroatoms. The lowest BCUT2D eigenvalue weighted by Crippen LogP contribution is -2.24. The van der Waals surface area contributed by atoms with Crippen LogP contribution in [-0.4, -0.2) is 33.9 Å². The molecule has 188 valence electrons. The molecule has 1 atom stereocenters. The van der Waals surface area contributed by atoms with Gasteiger partial charge in [-0.3, -0.25) is 8.97 Å². The van der Waals surface area contributed by atoms with Gasteiger partial charge in [-0.15, -0.1) is 10.2 Å². The summed E-state index contributed by atoms with van der Waals surface area (Å²) >= 11 is 0. The van der Waals surface area contributed by atoms with Crippen molar-refractivity contribution in [1.82, 2.24) is 33.9 Å². The maximum Gasteiger partial charge on any atom is 0.418 e. The third kappa shape index (κ3) is 4.00. The molecule has 0 bridgehead atoms. The first-order valence-corrected chi connectivity index (χ1v) is 11.9. The Balaban J connectivity index is 1.59. The molecule has 1 aromatic carbocycles. The van der Waals surface area contributed by atoms with E-state index >= 15 is 0 Å². The first kappa shape index (κ1) is 23.1. The second-order valence-electron chi connectivity index (χ2n) is 9.37. The topological polar surface area (TPSA) is 82.9 Å². The van der Waals surface area contributed by atoms with Crippen molar-refractivity contribution in [2.24, 2.45) is 13.0 Å².